The topological polar surface area (TPSA) is 39.4 Å². The summed E-state index contributed by atoms with van der Waals surface area (Å²) in [6.45, 7) is 8.79. The summed E-state index contributed by atoms with van der Waals surface area (Å²) in [5.74, 6) is 0.735. The Balaban J connectivity index is 1.84. The number of hydrogen-bond acceptors (Lipinski definition) is 3. The second kappa shape index (κ2) is 9.42. The number of allylic oxidation sites excluding steroid dienone is 3. The van der Waals surface area contributed by atoms with Crippen LogP contribution >= 0.6 is 0 Å². The quantitative estimate of drug-likeness (QED) is 0.328. The highest BCUT2D eigenvalue weighted by atomic mass is 16.5. The summed E-state index contributed by atoms with van der Waals surface area (Å²) >= 11 is 0. The van der Waals surface area contributed by atoms with Crippen molar-refractivity contribution in [2.45, 2.75) is 40.5 Å². The van der Waals surface area contributed by atoms with Gasteiger partial charge in [-0.3, -0.25) is 0 Å². The molecule has 0 N–H and O–H groups in total. The van der Waals surface area contributed by atoms with E-state index >= 15 is 0 Å². The van der Waals surface area contributed by atoms with Gasteiger partial charge in [0.2, 0.25) is 0 Å². The van der Waals surface area contributed by atoms with E-state index in [9.17, 15) is 4.79 Å². The molecular formula is C26H28O3. The van der Waals surface area contributed by atoms with Crippen LogP contribution in [0.3, 0.4) is 0 Å². The molecule has 0 aliphatic heterocycles. The molecule has 0 aliphatic rings. The van der Waals surface area contributed by atoms with E-state index in [-0.39, 0.29) is 5.63 Å². The lowest BCUT2D eigenvalue weighted by Crippen LogP contribution is -2.01. The largest absolute Gasteiger partial charge is 0.489 e. The van der Waals surface area contributed by atoms with Gasteiger partial charge in [0, 0.05) is 17.0 Å². The van der Waals surface area contributed by atoms with Gasteiger partial charge in [-0.15, -0.1) is 0 Å². The summed E-state index contributed by atoms with van der Waals surface area (Å²) in [6.07, 6.45) is 6.44. The van der Waals surface area contributed by atoms with E-state index in [2.05, 4.69) is 32.9 Å². The molecule has 150 valence electrons. The molecule has 0 saturated heterocycles. The molecule has 0 unspecified atom stereocenters. The number of ether oxygens (including phenoxy) is 1. The van der Waals surface area contributed by atoms with Crippen molar-refractivity contribution in [2.24, 2.45) is 0 Å². The van der Waals surface area contributed by atoms with Crippen molar-refractivity contribution < 1.29 is 9.15 Å². The zero-order chi connectivity index (χ0) is 20.8. The van der Waals surface area contributed by atoms with Gasteiger partial charge in [0.15, 0.2) is 0 Å². The number of aryl methyl sites for hydroxylation is 1. The van der Waals surface area contributed by atoms with Crippen LogP contribution in [0.25, 0.3) is 22.1 Å². The van der Waals surface area contributed by atoms with Crippen molar-refractivity contribution in [1.29, 1.82) is 0 Å². The normalized spacial score (nSPS) is 11.5. The Bertz CT molecular complexity index is 1100. The second-order valence-corrected chi connectivity index (χ2v) is 7.59. The molecular weight excluding hydrogens is 360 g/mol. The molecule has 0 fully saturated rings. The Morgan fingerprint density at radius 3 is 2.52 bits per heavy atom. The molecule has 0 amide bonds. The lowest BCUT2D eigenvalue weighted by Gasteiger charge is -2.12. The smallest absolute Gasteiger partial charge is 0.336 e. The molecule has 0 saturated carbocycles. The fourth-order valence-electron chi connectivity index (χ4n) is 3.32. The molecule has 0 radical (unpaired) electrons. The van der Waals surface area contributed by atoms with Gasteiger partial charge in [0.25, 0.3) is 0 Å². The minimum atomic E-state index is -0.355. The van der Waals surface area contributed by atoms with Crippen LogP contribution < -0.4 is 10.4 Å². The molecule has 0 spiro atoms. The van der Waals surface area contributed by atoms with Gasteiger partial charge in [-0.1, -0.05) is 47.6 Å². The summed E-state index contributed by atoms with van der Waals surface area (Å²) in [6, 6.07) is 15.4. The maximum Gasteiger partial charge on any atom is 0.336 e. The summed E-state index contributed by atoms with van der Waals surface area (Å²) in [5.41, 5.74) is 5.59. The highest BCUT2D eigenvalue weighted by molar-refractivity contribution is 5.95. The van der Waals surface area contributed by atoms with Crippen LogP contribution in [0.4, 0.5) is 0 Å². The Kier molecular flexibility index (Phi) is 6.71. The molecule has 2 aromatic carbocycles. The van der Waals surface area contributed by atoms with Crippen molar-refractivity contribution in [1.82, 2.24) is 0 Å². The van der Waals surface area contributed by atoms with Crippen LogP contribution in [0, 0.1) is 6.92 Å². The van der Waals surface area contributed by atoms with E-state index < -0.39 is 0 Å². The van der Waals surface area contributed by atoms with Crippen LogP contribution in [-0.2, 0) is 0 Å². The first-order chi connectivity index (χ1) is 14.0. The predicted octanol–water partition coefficient (Wildman–Crippen LogP) is 6.84. The van der Waals surface area contributed by atoms with Crippen LogP contribution in [0.2, 0.25) is 0 Å². The van der Waals surface area contributed by atoms with Crippen molar-refractivity contribution in [3.05, 3.63) is 87.8 Å². The van der Waals surface area contributed by atoms with Gasteiger partial charge in [0.05, 0.1) is 0 Å². The fraction of sp³-hybridized carbons (Fsp3) is 0.269. The number of hydrogen-bond donors (Lipinski definition) is 0. The van der Waals surface area contributed by atoms with E-state index in [0.29, 0.717) is 12.2 Å². The average Bonchev–Trinajstić information content (AvgIpc) is 2.70. The summed E-state index contributed by atoms with van der Waals surface area (Å²) in [7, 11) is 0. The lowest BCUT2D eigenvalue weighted by atomic mass is 10.0. The summed E-state index contributed by atoms with van der Waals surface area (Å²) < 4.78 is 11.5. The number of benzene rings is 2. The molecule has 29 heavy (non-hydrogen) atoms. The van der Waals surface area contributed by atoms with E-state index in [4.69, 9.17) is 9.15 Å². The molecule has 3 rings (SSSR count). The maximum absolute atomic E-state index is 12.2. The maximum atomic E-state index is 12.2. The second-order valence-electron chi connectivity index (χ2n) is 7.59. The first kappa shape index (κ1) is 20.7. The monoisotopic (exact) mass is 388 g/mol. The van der Waals surface area contributed by atoms with Crippen molar-refractivity contribution in [3.63, 3.8) is 0 Å². The van der Waals surface area contributed by atoms with E-state index in [1.54, 1.807) is 6.07 Å². The standard InChI is InChI=1S/C26H28O3/c1-18(2)9-8-10-19(3)15-16-28-24-14-13-22-23(21-11-6-5-7-12-21)17-25(27)29-26(22)20(24)4/h5-7,9,11-15,17H,8,10,16H2,1-4H3/b19-15-. The SMILES string of the molecule is CC(C)=CCC/C(C)=C\COc1ccc2c(-c3ccccc3)cc(=O)oc2c1C. The van der Waals surface area contributed by atoms with Crippen LogP contribution in [-0.4, -0.2) is 6.61 Å². The van der Waals surface area contributed by atoms with Crippen molar-refractivity contribution in [3.8, 4) is 16.9 Å². The van der Waals surface area contributed by atoms with Crippen LogP contribution in [0.1, 0.15) is 39.2 Å². The third kappa shape index (κ3) is 5.26. The highest BCUT2D eigenvalue weighted by Gasteiger charge is 2.13. The molecule has 0 aliphatic carbocycles. The third-order valence-corrected chi connectivity index (χ3v) is 4.96. The molecule has 3 heteroatoms. The molecule has 1 aromatic heterocycles. The van der Waals surface area contributed by atoms with Gasteiger partial charge in [0.1, 0.15) is 17.9 Å². The van der Waals surface area contributed by atoms with E-state index in [1.165, 1.54) is 11.1 Å². The Morgan fingerprint density at radius 2 is 1.79 bits per heavy atom. The van der Waals surface area contributed by atoms with Crippen LogP contribution in [0.15, 0.2) is 81.0 Å². The summed E-state index contributed by atoms with van der Waals surface area (Å²) in [4.78, 5) is 12.2. The Hall–Kier alpha value is -3.07. The fourth-order valence-corrected chi connectivity index (χ4v) is 3.32. The van der Waals surface area contributed by atoms with Gasteiger partial charge < -0.3 is 9.15 Å². The zero-order valence-corrected chi connectivity index (χ0v) is 17.6. The molecule has 0 atom stereocenters. The third-order valence-electron chi connectivity index (χ3n) is 4.96. The molecule has 3 aromatic rings. The van der Waals surface area contributed by atoms with Gasteiger partial charge in [-0.25, -0.2) is 4.79 Å². The molecule has 0 bridgehead atoms. The minimum absolute atomic E-state index is 0.355. The average molecular weight is 389 g/mol. The predicted molar refractivity (Wildman–Crippen MR) is 121 cm³/mol. The number of rotatable bonds is 7. The zero-order valence-electron chi connectivity index (χ0n) is 17.6. The minimum Gasteiger partial charge on any atom is -0.489 e. The van der Waals surface area contributed by atoms with Crippen LogP contribution in [0.5, 0.6) is 5.75 Å². The number of fused-ring (bicyclic) bond motifs is 1. The van der Waals surface area contributed by atoms with Crippen molar-refractivity contribution >= 4 is 11.0 Å². The van der Waals surface area contributed by atoms with Gasteiger partial charge in [-0.2, -0.15) is 0 Å². The van der Waals surface area contributed by atoms with Gasteiger partial charge in [-0.05, 0) is 69.9 Å². The summed E-state index contributed by atoms with van der Waals surface area (Å²) in [5, 5.41) is 0.911. The first-order valence-corrected chi connectivity index (χ1v) is 10.0. The molecule has 1 heterocycles. The van der Waals surface area contributed by atoms with Crippen molar-refractivity contribution in [2.75, 3.05) is 6.61 Å². The lowest BCUT2D eigenvalue weighted by molar-refractivity contribution is 0.358. The van der Waals surface area contributed by atoms with E-state index in [1.807, 2.05) is 49.4 Å². The van der Waals surface area contributed by atoms with E-state index in [0.717, 1.165) is 40.7 Å². The Labute approximate surface area is 172 Å². The Morgan fingerprint density at radius 1 is 1.03 bits per heavy atom. The van der Waals surface area contributed by atoms with Gasteiger partial charge >= 0.3 is 5.63 Å². The first-order valence-electron chi connectivity index (χ1n) is 10.0. The highest BCUT2D eigenvalue weighted by Crippen LogP contribution is 2.33. The molecule has 3 nitrogen and oxygen atoms in total.